The van der Waals surface area contributed by atoms with Crippen LogP contribution in [0.5, 0.6) is 0 Å². The zero-order valence-electron chi connectivity index (χ0n) is 22.0. The molecule has 8 nitrogen and oxygen atoms in total. The number of nitrogens with one attached hydrogen (secondary N) is 2. The monoisotopic (exact) mass is 552 g/mol. The number of aliphatic hydroxyl groups is 2. The summed E-state index contributed by atoms with van der Waals surface area (Å²) < 4.78 is 13.7. The Labute approximate surface area is 230 Å². The van der Waals surface area contributed by atoms with Crippen molar-refractivity contribution in [3.8, 4) is 0 Å². The Balaban J connectivity index is 1.45. The van der Waals surface area contributed by atoms with Crippen LogP contribution in [0, 0.1) is 22.6 Å². The van der Waals surface area contributed by atoms with Crippen LogP contribution in [0.3, 0.4) is 0 Å². The third-order valence-corrected chi connectivity index (χ3v) is 9.81. The van der Waals surface area contributed by atoms with Gasteiger partial charge in [-0.2, -0.15) is 0 Å². The van der Waals surface area contributed by atoms with Crippen LogP contribution < -0.4 is 10.6 Å². The zero-order valence-corrected chi connectivity index (χ0v) is 22.8. The van der Waals surface area contributed by atoms with E-state index in [-0.39, 0.29) is 36.3 Å². The van der Waals surface area contributed by atoms with Gasteiger partial charge < -0.3 is 15.5 Å². The summed E-state index contributed by atoms with van der Waals surface area (Å²) in [6.07, 6.45) is 4.66. The van der Waals surface area contributed by atoms with E-state index in [9.17, 15) is 24.2 Å². The Hall–Kier alpha value is -3.21. The molecule has 1 saturated carbocycles. The highest BCUT2D eigenvalue weighted by Crippen LogP contribution is 2.62. The molecule has 2 aliphatic rings. The lowest BCUT2D eigenvalue weighted by Crippen LogP contribution is -2.57. The van der Waals surface area contributed by atoms with E-state index < -0.39 is 28.7 Å². The SMILES string of the molecule is C[C@]1(CO)[C@H]2Cc3sc(NC(=O)c4cccc(F)c4)nc3[C@@H](CC(=O)NCc3cccnc3)[C@]2(C)CC[C@H]1O. The number of pyridine rings is 1. The minimum Gasteiger partial charge on any atom is -0.396 e. The van der Waals surface area contributed by atoms with Gasteiger partial charge in [0.1, 0.15) is 5.82 Å². The fourth-order valence-electron chi connectivity index (χ4n) is 6.46. The predicted molar refractivity (Wildman–Crippen MR) is 146 cm³/mol. The molecule has 2 heterocycles. The van der Waals surface area contributed by atoms with Crippen molar-refractivity contribution in [2.45, 2.75) is 58.1 Å². The van der Waals surface area contributed by atoms with Gasteiger partial charge in [0.25, 0.3) is 5.91 Å². The molecule has 4 N–H and O–H groups in total. The number of halogens is 1. The van der Waals surface area contributed by atoms with E-state index in [1.807, 2.05) is 19.1 Å². The first-order valence-corrected chi connectivity index (χ1v) is 14.0. The predicted octanol–water partition coefficient (Wildman–Crippen LogP) is 4.05. The summed E-state index contributed by atoms with van der Waals surface area (Å²) in [4.78, 5) is 35.9. The summed E-state index contributed by atoms with van der Waals surface area (Å²) in [6.45, 7) is 4.22. The topological polar surface area (TPSA) is 124 Å². The first-order valence-electron chi connectivity index (χ1n) is 13.1. The summed E-state index contributed by atoms with van der Waals surface area (Å²) in [6, 6.07) is 9.17. The molecule has 206 valence electrons. The number of rotatable bonds is 7. The fourth-order valence-corrected chi connectivity index (χ4v) is 7.52. The highest BCUT2D eigenvalue weighted by atomic mass is 32.1. The number of aliphatic hydroxyl groups excluding tert-OH is 2. The Morgan fingerprint density at radius 2 is 2.05 bits per heavy atom. The van der Waals surface area contributed by atoms with Crippen LogP contribution in [0.25, 0.3) is 0 Å². The normalized spacial score (nSPS) is 27.8. The van der Waals surface area contributed by atoms with Gasteiger partial charge in [-0.3, -0.25) is 19.9 Å². The molecule has 1 fully saturated rings. The smallest absolute Gasteiger partial charge is 0.257 e. The third kappa shape index (κ3) is 5.20. The van der Waals surface area contributed by atoms with Gasteiger partial charge in [-0.25, -0.2) is 9.37 Å². The van der Waals surface area contributed by atoms with Crippen LogP contribution in [0.1, 0.15) is 65.5 Å². The van der Waals surface area contributed by atoms with Gasteiger partial charge in [0.15, 0.2) is 5.13 Å². The number of anilines is 1. The number of hydrogen-bond donors (Lipinski definition) is 4. The van der Waals surface area contributed by atoms with Crippen LogP contribution in [-0.4, -0.2) is 44.7 Å². The summed E-state index contributed by atoms with van der Waals surface area (Å²) in [7, 11) is 0. The molecule has 1 aromatic carbocycles. The molecule has 0 radical (unpaired) electrons. The van der Waals surface area contributed by atoms with Crippen LogP contribution in [0.2, 0.25) is 0 Å². The van der Waals surface area contributed by atoms with E-state index in [2.05, 4.69) is 22.5 Å². The maximum Gasteiger partial charge on any atom is 0.257 e. The maximum absolute atomic E-state index is 13.7. The third-order valence-electron chi connectivity index (χ3n) is 8.80. The summed E-state index contributed by atoms with van der Waals surface area (Å²) in [5.74, 6) is -1.49. The summed E-state index contributed by atoms with van der Waals surface area (Å²) in [5, 5.41) is 27.5. The molecule has 0 saturated heterocycles. The standard InChI is InChI=1S/C29H33FN4O4S/c1-28-9-8-23(36)29(2,16-35)22(28)13-21-25(20(28)12-24(37)32-15-17-5-4-10-31-14-17)33-27(39-21)34-26(38)18-6-3-7-19(30)11-18/h3-7,10-11,14,20,22-23,35-36H,8-9,12-13,15-16H2,1-2H3,(H,32,37)(H,33,34,38)/t20-,22+,23-,28+,29+/m1/s1. The molecule has 0 spiro atoms. The largest absolute Gasteiger partial charge is 0.396 e. The number of aromatic nitrogens is 2. The van der Waals surface area contributed by atoms with Crippen molar-refractivity contribution in [1.29, 1.82) is 0 Å². The molecule has 2 aliphatic carbocycles. The average molecular weight is 553 g/mol. The van der Waals surface area contributed by atoms with Gasteiger partial charge in [0, 0.05) is 47.1 Å². The van der Waals surface area contributed by atoms with E-state index in [4.69, 9.17) is 4.98 Å². The highest BCUT2D eigenvalue weighted by Gasteiger charge is 2.59. The van der Waals surface area contributed by atoms with Crippen LogP contribution in [0.15, 0.2) is 48.8 Å². The maximum atomic E-state index is 13.7. The first kappa shape index (κ1) is 27.4. The quantitative estimate of drug-likeness (QED) is 0.351. The lowest BCUT2D eigenvalue weighted by Gasteiger charge is -2.58. The molecule has 2 aromatic heterocycles. The van der Waals surface area contributed by atoms with Crippen molar-refractivity contribution in [2.24, 2.45) is 16.7 Å². The molecule has 2 amide bonds. The number of fused-ring (bicyclic) bond motifs is 2. The second kappa shape index (κ2) is 10.7. The molecule has 0 aliphatic heterocycles. The number of amides is 2. The fraction of sp³-hybridized carbons (Fsp3) is 0.448. The van der Waals surface area contributed by atoms with Crippen molar-refractivity contribution in [2.75, 3.05) is 11.9 Å². The second-order valence-electron chi connectivity index (χ2n) is 11.2. The molecule has 0 unspecified atom stereocenters. The van der Waals surface area contributed by atoms with Crippen LogP contribution in [-0.2, 0) is 17.8 Å². The molecule has 10 heteroatoms. The van der Waals surface area contributed by atoms with Crippen molar-refractivity contribution in [3.05, 3.63) is 76.3 Å². The number of nitrogens with zero attached hydrogens (tertiary/aromatic N) is 2. The highest BCUT2D eigenvalue weighted by molar-refractivity contribution is 7.15. The zero-order chi connectivity index (χ0) is 27.8. The second-order valence-corrected chi connectivity index (χ2v) is 12.3. The van der Waals surface area contributed by atoms with Crippen molar-refractivity contribution in [1.82, 2.24) is 15.3 Å². The van der Waals surface area contributed by atoms with E-state index in [1.165, 1.54) is 35.6 Å². The van der Waals surface area contributed by atoms with Gasteiger partial charge in [0.2, 0.25) is 5.91 Å². The van der Waals surface area contributed by atoms with Gasteiger partial charge in [-0.05, 0) is 60.4 Å². The molecule has 5 rings (SSSR count). The summed E-state index contributed by atoms with van der Waals surface area (Å²) >= 11 is 1.33. The lowest BCUT2D eigenvalue weighted by atomic mass is 9.47. The van der Waals surface area contributed by atoms with Gasteiger partial charge >= 0.3 is 0 Å². The van der Waals surface area contributed by atoms with Gasteiger partial charge in [-0.15, -0.1) is 11.3 Å². The van der Waals surface area contributed by atoms with Crippen molar-refractivity contribution >= 4 is 28.3 Å². The Kier molecular flexibility index (Phi) is 7.54. The molecule has 0 bridgehead atoms. The van der Waals surface area contributed by atoms with E-state index in [0.717, 1.165) is 16.1 Å². The molecule has 5 atom stereocenters. The Morgan fingerprint density at radius 3 is 2.77 bits per heavy atom. The first-order chi connectivity index (χ1) is 18.6. The molecular weight excluding hydrogens is 519 g/mol. The minimum atomic E-state index is -0.746. The average Bonchev–Trinajstić information content (AvgIpc) is 3.33. The van der Waals surface area contributed by atoms with E-state index in [1.54, 1.807) is 12.4 Å². The van der Waals surface area contributed by atoms with E-state index in [0.29, 0.717) is 30.9 Å². The lowest BCUT2D eigenvalue weighted by molar-refractivity contribution is -0.144. The van der Waals surface area contributed by atoms with Crippen molar-refractivity contribution < 1.29 is 24.2 Å². The molecular formula is C29H33FN4O4S. The summed E-state index contributed by atoms with van der Waals surface area (Å²) in [5.41, 5.74) is 0.689. The van der Waals surface area contributed by atoms with Gasteiger partial charge in [0.05, 0.1) is 18.4 Å². The van der Waals surface area contributed by atoms with Gasteiger partial charge in [-0.1, -0.05) is 26.0 Å². The molecule has 3 aromatic rings. The minimum absolute atomic E-state index is 0.102. The number of benzene rings is 1. The number of carbonyl (C=O) groups excluding carboxylic acids is 2. The van der Waals surface area contributed by atoms with Crippen LogP contribution >= 0.6 is 11.3 Å². The van der Waals surface area contributed by atoms with Crippen LogP contribution in [0.4, 0.5) is 9.52 Å². The Bertz CT molecular complexity index is 1370. The van der Waals surface area contributed by atoms with Crippen molar-refractivity contribution in [3.63, 3.8) is 0 Å². The number of hydrogen-bond acceptors (Lipinski definition) is 7. The number of carbonyl (C=O) groups is 2. The number of thiazole rings is 1. The molecule has 39 heavy (non-hydrogen) atoms. The van der Waals surface area contributed by atoms with E-state index >= 15 is 0 Å². The Morgan fingerprint density at radius 1 is 1.23 bits per heavy atom.